The van der Waals surface area contributed by atoms with Gasteiger partial charge >= 0.3 is 0 Å². The molecule has 0 spiro atoms. The minimum atomic E-state index is -0.106. The van der Waals surface area contributed by atoms with Gasteiger partial charge in [-0.3, -0.25) is 4.79 Å². The molecule has 0 atom stereocenters. The number of carbonyl (C=O) groups is 1. The summed E-state index contributed by atoms with van der Waals surface area (Å²) in [5, 5.41) is 5.97. The van der Waals surface area contributed by atoms with Gasteiger partial charge in [0.15, 0.2) is 0 Å². The number of amides is 1. The minimum absolute atomic E-state index is 0.106. The van der Waals surface area contributed by atoms with Gasteiger partial charge in [-0.15, -0.1) is 0 Å². The van der Waals surface area contributed by atoms with Crippen molar-refractivity contribution in [1.29, 1.82) is 0 Å². The SMILES string of the molecule is COc1ccc(C)cc1NCC(=O)Nc1ccc(Br)c(C)c1. The van der Waals surface area contributed by atoms with Crippen LogP contribution in [0, 0.1) is 13.8 Å². The number of rotatable bonds is 5. The first kappa shape index (κ1) is 16.4. The Morgan fingerprint density at radius 3 is 2.64 bits per heavy atom. The lowest BCUT2D eigenvalue weighted by Crippen LogP contribution is -2.22. The smallest absolute Gasteiger partial charge is 0.243 e. The Labute approximate surface area is 139 Å². The maximum absolute atomic E-state index is 12.0. The van der Waals surface area contributed by atoms with Crippen LogP contribution in [0.4, 0.5) is 11.4 Å². The average molecular weight is 363 g/mol. The fourth-order valence-electron chi connectivity index (χ4n) is 2.06. The van der Waals surface area contributed by atoms with E-state index >= 15 is 0 Å². The second-order valence-corrected chi connectivity index (χ2v) is 5.92. The zero-order valence-corrected chi connectivity index (χ0v) is 14.5. The van der Waals surface area contributed by atoms with Gasteiger partial charge in [-0.1, -0.05) is 22.0 Å². The molecular formula is C17H19BrN2O2. The van der Waals surface area contributed by atoms with Crippen molar-refractivity contribution in [2.24, 2.45) is 0 Å². The number of anilines is 2. The molecule has 2 aromatic carbocycles. The van der Waals surface area contributed by atoms with Crippen LogP contribution in [-0.2, 0) is 4.79 Å². The van der Waals surface area contributed by atoms with E-state index in [1.54, 1.807) is 7.11 Å². The van der Waals surface area contributed by atoms with Crippen LogP contribution < -0.4 is 15.4 Å². The van der Waals surface area contributed by atoms with Gasteiger partial charge in [0, 0.05) is 10.2 Å². The van der Waals surface area contributed by atoms with Gasteiger partial charge in [0.2, 0.25) is 5.91 Å². The summed E-state index contributed by atoms with van der Waals surface area (Å²) < 4.78 is 6.30. The van der Waals surface area contributed by atoms with Crippen molar-refractivity contribution in [2.75, 3.05) is 24.3 Å². The van der Waals surface area contributed by atoms with Crippen LogP contribution in [0.5, 0.6) is 5.75 Å². The summed E-state index contributed by atoms with van der Waals surface area (Å²) in [4.78, 5) is 12.0. The summed E-state index contributed by atoms with van der Waals surface area (Å²) in [5.74, 6) is 0.614. The van der Waals surface area contributed by atoms with Crippen LogP contribution in [0.3, 0.4) is 0 Å². The van der Waals surface area contributed by atoms with Crippen molar-refractivity contribution in [3.63, 3.8) is 0 Å². The molecule has 0 radical (unpaired) electrons. The zero-order valence-electron chi connectivity index (χ0n) is 12.9. The van der Waals surface area contributed by atoms with Crippen LogP contribution in [-0.4, -0.2) is 19.6 Å². The molecule has 0 aliphatic rings. The summed E-state index contributed by atoms with van der Waals surface area (Å²) >= 11 is 3.44. The van der Waals surface area contributed by atoms with Crippen molar-refractivity contribution in [3.8, 4) is 5.75 Å². The maximum atomic E-state index is 12.0. The van der Waals surface area contributed by atoms with Crippen molar-refractivity contribution < 1.29 is 9.53 Å². The van der Waals surface area contributed by atoms with E-state index in [1.165, 1.54) is 0 Å². The lowest BCUT2D eigenvalue weighted by atomic mass is 10.2. The summed E-state index contributed by atoms with van der Waals surface area (Å²) in [5.41, 5.74) is 3.77. The molecule has 5 heteroatoms. The number of benzene rings is 2. The molecule has 0 saturated heterocycles. The number of hydrogen-bond acceptors (Lipinski definition) is 3. The number of halogens is 1. The van der Waals surface area contributed by atoms with Gasteiger partial charge < -0.3 is 15.4 Å². The third-order valence-corrected chi connectivity index (χ3v) is 4.13. The van der Waals surface area contributed by atoms with Crippen molar-refractivity contribution >= 4 is 33.2 Å². The largest absolute Gasteiger partial charge is 0.495 e. The molecule has 0 unspecified atom stereocenters. The molecule has 2 N–H and O–H groups in total. The first-order valence-corrected chi connectivity index (χ1v) is 7.73. The van der Waals surface area contributed by atoms with Gasteiger partial charge in [-0.2, -0.15) is 0 Å². The van der Waals surface area contributed by atoms with E-state index < -0.39 is 0 Å². The number of nitrogens with one attached hydrogen (secondary N) is 2. The lowest BCUT2D eigenvalue weighted by molar-refractivity contribution is -0.114. The van der Waals surface area contributed by atoms with Crippen LogP contribution in [0.2, 0.25) is 0 Å². The van der Waals surface area contributed by atoms with E-state index in [9.17, 15) is 4.79 Å². The maximum Gasteiger partial charge on any atom is 0.243 e. The molecule has 0 aliphatic carbocycles. The fraction of sp³-hybridized carbons (Fsp3) is 0.235. The van der Waals surface area contributed by atoms with Crippen LogP contribution in [0.1, 0.15) is 11.1 Å². The first-order valence-electron chi connectivity index (χ1n) is 6.94. The van der Waals surface area contributed by atoms with Gasteiger partial charge in [0.25, 0.3) is 0 Å². The summed E-state index contributed by atoms with van der Waals surface area (Å²) in [6.45, 7) is 4.15. The Bertz CT molecular complexity index is 686. The standard InChI is InChI=1S/C17H19BrN2O2/c1-11-4-7-16(22-3)15(8-11)19-10-17(21)20-13-5-6-14(18)12(2)9-13/h4-9,19H,10H2,1-3H3,(H,20,21). The predicted molar refractivity (Wildman–Crippen MR) is 93.7 cm³/mol. The third kappa shape index (κ3) is 4.24. The van der Waals surface area contributed by atoms with E-state index in [2.05, 4.69) is 26.6 Å². The van der Waals surface area contributed by atoms with E-state index in [1.807, 2.05) is 50.2 Å². The Morgan fingerprint density at radius 2 is 1.95 bits per heavy atom. The monoisotopic (exact) mass is 362 g/mol. The molecule has 0 bridgehead atoms. The topological polar surface area (TPSA) is 50.4 Å². The second kappa shape index (κ2) is 7.31. The first-order chi connectivity index (χ1) is 10.5. The highest BCUT2D eigenvalue weighted by molar-refractivity contribution is 9.10. The number of ether oxygens (including phenoxy) is 1. The van der Waals surface area contributed by atoms with E-state index in [-0.39, 0.29) is 12.5 Å². The van der Waals surface area contributed by atoms with Crippen molar-refractivity contribution in [3.05, 3.63) is 52.0 Å². The highest BCUT2D eigenvalue weighted by Crippen LogP contribution is 2.25. The lowest BCUT2D eigenvalue weighted by Gasteiger charge is -2.12. The summed E-state index contributed by atoms with van der Waals surface area (Å²) in [6, 6.07) is 11.5. The van der Waals surface area contributed by atoms with Crippen molar-refractivity contribution in [1.82, 2.24) is 0 Å². The van der Waals surface area contributed by atoms with E-state index in [0.29, 0.717) is 0 Å². The van der Waals surface area contributed by atoms with Gasteiger partial charge in [-0.25, -0.2) is 0 Å². The van der Waals surface area contributed by atoms with Gasteiger partial charge in [0.05, 0.1) is 19.3 Å². The quantitative estimate of drug-likeness (QED) is 0.840. The molecule has 0 heterocycles. The Hall–Kier alpha value is -2.01. The van der Waals surface area contributed by atoms with Gasteiger partial charge in [-0.05, 0) is 55.3 Å². The molecule has 116 valence electrons. The molecule has 2 rings (SSSR count). The molecule has 0 saturated carbocycles. The minimum Gasteiger partial charge on any atom is -0.495 e. The van der Waals surface area contributed by atoms with E-state index in [0.717, 1.165) is 32.7 Å². The molecule has 0 aliphatic heterocycles. The van der Waals surface area contributed by atoms with E-state index in [4.69, 9.17) is 4.74 Å². The second-order valence-electron chi connectivity index (χ2n) is 5.07. The zero-order chi connectivity index (χ0) is 16.1. The van der Waals surface area contributed by atoms with Crippen LogP contribution in [0.25, 0.3) is 0 Å². The highest BCUT2D eigenvalue weighted by Gasteiger charge is 2.07. The molecule has 2 aromatic rings. The normalized spacial score (nSPS) is 10.2. The molecular weight excluding hydrogens is 344 g/mol. The fourth-order valence-corrected chi connectivity index (χ4v) is 2.31. The molecule has 4 nitrogen and oxygen atoms in total. The summed E-state index contributed by atoms with van der Waals surface area (Å²) in [6.07, 6.45) is 0. The van der Waals surface area contributed by atoms with Gasteiger partial charge in [0.1, 0.15) is 5.75 Å². The highest BCUT2D eigenvalue weighted by atomic mass is 79.9. The Morgan fingerprint density at radius 1 is 1.18 bits per heavy atom. The molecule has 0 fully saturated rings. The molecule has 0 aromatic heterocycles. The molecule has 22 heavy (non-hydrogen) atoms. The number of methoxy groups -OCH3 is 1. The van der Waals surface area contributed by atoms with Crippen LogP contribution in [0.15, 0.2) is 40.9 Å². The Kier molecular flexibility index (Phi) is 5.44. The summed E-state index contributed by atoms with van der Waals surface area (Å²) in [7, 11) is 1.61. The number of hydrogen-bond donors (Lipinski definition) is 2. The van der Waals surface area contributed by atoms with Crippen LogP contribution >= 0.6 is 15.9 Å². The Balaban J connectivity index is 1.98. The predicted octanol–water partition coefficient (Wildman–Crippen LogP) is 4.13. The number of aryl methyl sites for hydroxylation is 2. The molecule has 1 amide bonds. The van der Waals surface area contributed by atoms with Crippen molar-refractivity contribution in [2.45, 2.75) is 13.8 Å². The third-order valence-electron chi connectivity index (χ3n) is 3.24. The average Bonchev–Trinajstić information content (AvgIpc) is 2.49. The number of carbonyl (C=O) groups excluding carboxylic acids is 1.